The van der Waals surface area contributed by atoms with Gasteiger partial charge in [0.05, 0.1) is 6.20 Å². The highest BCUT2D eigenvalue weighted by Gasteiger charge is 2.21. The molecular formula is C16H15N5OS. The Bertz CT molecular complexity index is 887. The van der Waals surface area contributed by atoms with Crippen LogP contribution in [-0.2, 0) is 0 Å². The molecule has 3 aromatic heterocycles. The molecule has 1 fully saturated rings. The largest absolute Gasteiger partial charge is 0.460 e. The van der Waals surface area contributed by atoms with E-state index >= 15 is 0 Å². The number of aromatic nitrogens is 3. The molecule has 0 spiro atoms. The molecule has 1 aliphatic rings. The zero-order chi connectivity index (χ0) is 15.8. The smallest absolute Gasteiger partial charge is 0.180 e. The fourth-order valence-electron chi connectivity index (χ4n) is 2.22. The summed E-state index contributed by atoms with van der Waals surface area (Å²) in [6.07, 6.45) is 4.03. The van der Waals surface area contributed by atoms with Crippen molar-refractivity contribution in [1.29, 1.82) is 0 Å². The third-order valence-corrected chi connectivity index (χ3v) is 3.77. The van der Waals surface area contributed by atoms with Crippen molar-refractivity contribution >= 4 is 34.3 Å². The summed E-state index contributed by atoms with van der Waals surface area (Å²) in [6.45, 7) is 1.89. The van der Waals surface area contributed by atoms with E-state index in [1.807, 2.05) is 31.2 Å². The maximum absolute atomic E-state index is 5.59. The van der Waals surface area contributed by atoms with E-state index in [9.17, 15) is 0 Å². The Balaban J connectivity index is 1.62. The molecule has 0 amide bonds. The number of rotatable bonds is 3. The van der Waals surface area contributed by atoms with Gasteiger partial charge in [-0.15, -0.1) is 0 Å². The molecule has 0 radical (unpaired) electrons. The fourth-order valence-corrected chi connectivity index (χ4v) is 2.49. The van der Waals surface area contributed by atoms with Crippen LogP contribution in [0.5, 0.6) is 0 Å². The average molecular weight is 325 g/mol. The minimum Gasteiger partial charge on any atom is -0.460 e. The highest BCUT2D eigenvalue weighted by molar-refractivity contribution is 7.80. The van der Waals surface area contributed by atoms with Crippen LogP contribution in [0.4, 0.5) is 5.82 Å². The van der Waals surface area contributed by atoms with Gasteiger partial charge in [0, 0.05) is 6.04 Å². The third-order valence-electron chi connectivity index (χ3n) is 3.55. The van der Waals surface area contributed by atoms with Gasteiger partial charge in [0.1, 0.15) is 22.8 Å². The van der Waals surface area contributed by atoms with Crippen LogP contribution in [0.25, 0.3) is 22.6 Å². The van der Waals surface area contributed by atoms with Gasteiger partial charge < -0.3 is 15.1 Å². The molecule has 116 valence electrons. The van der Waals surface area contributed by atoms with Crippen molar-refractivity contribution in [3.63, 3.8) is 0 Å². The lowest BCUT2D eigenvalue weighted by Gasteiger charge is -2.09. The molecule has 1 aliphatic carbocycles. The SMILES string of the molecule is Cc1ccc(-c2cnc3ccc(NC(=S)NC4CC4)nc3n2)o1. The summed E-state index contributed by atoms with van der Waals surface area (Å²) in [5.74, 6) is 2.17. The average Bonchev–Trinajstić information content (AvgIpc) is 3.24. The molecule has 23 heavy (non-hydrogen) atoms. The number of nitrogens with zero attached hydrogens (tertiary/aromatic N) is 3. The number of pyridine rings is 1. The lowest BCUT2D eigenvalue weighted by atomic mass is 10.3. The van der Waals surface area contributed by atoms with Crippen molar-refractivity contribution in [2.75, 3.05) is 5.32 Å². The summed E-state index contributed by atoms with van der Waals surface area (Å²) in [6, 6.07) is 7.99. The van der Waals surface area contributed by atoms with Gasteiger partial charge in [-0.1, -0.05) is 0 Å². The highest BCUT2D eigenvalue weighted by atomic mass is 32.1. The number of anilines is 1. The van der Waals surface area contributed by atoms with Crippen LogP contribution in [-0.4, -0.2) is 26.1 Å². The molecule has 4 rings (SSSR count). The van der Waals surface area contributed by atoms with Crippen LogP contribution in [0, 0.1) is 6.92 Å². The summed E-state index contributed by atoms with van der Waals surface area (Å²) in [7, 11) is 0. The van der Waals surface area contributed by atoms with Crippen molar-refractivity contribution in [3.05, 3.63) is 36.2 Å². The van der Waals surface area contributed by atoms with Gasteiger partial charge in [-0.3, -0.25) is 4.98 Å². The maximum atomic E-state index is 5.59. The second-order valence-corrected chi connectivity index (χ2v) is 5.99. The minimum atomic E-state index is 0.504. The van der Waals surface area contributed by atoms with E-state index in [1.165, 1.54) is 12.8 Å². The first kappa shape index (κ1) is 14.1. The Morgan fingerprint density at radius 2 is 2.09 bits per heavy atom. The second-order valence-electron chi connectivity index (χ2n) is 5.58. The van der Waals surface area contributed by atoms with E-state index in [1.54, 1.807) is 6.20 Å². The number of nitrogens with one attached hydrogen (secondary N) is 2. The quantitative estimate of drug-likeness (QED) is 0.717. The van der Waals surface area contributed by atoms with Crippen molar-refractivity contribution in [3.8, 4) is 11.5 Å². The first-order valence-corrected chi connectivity index (χ1v) is 7.86. The standard InChI is InChI=1S/C16H15N5OS/c1-9-2-6-13(22-9)12-8-17-11-5-7-14(20-15(11)19-12)21-16(23)18-10-3-4-10/h2,5-8,10H,3-4H2,1H3,(H2,18,19,20,21,23). The first-order chi connectivity index (χ1) is 11.2. The second kappa shape index (κ2) is 5.58. The lowest BCUT2D eigenvalue weighted by Crippen LogP contribution is -2.30. The number of hydrogen-bond donors (Lipinski definition) is 2. The van der Waals surface area contributed by atoms with Gasteiger partial charge in [-0.25, -0.2) is 9.97 Å². The molecule has 0 aliphatic heterocycles. The molecule has 0 aromatic carbocycles. The summed E-state index contributed by atoms with van der Waals surface area (Å²) in [4.78, 5) is 13.4. The van der Waals surface area contributed by atoms with Crippen molar-refractivity contribution in [2.45, 2.75) is 25.8 Å². The Kier molecular flexibility index (Phi) is 3.42. The Morgan fingerprint density at radius 3 is 2.83 bits per heavy atom. The number of thiocarbonyl (C=S) groups is 1. The Labute approximate surface area is 138 Å². The number of furan rings is 1. The zero-order valence-corrected chi connectivity index (χ0v) is 13.4. The molecule has 0 unspecified atom stereocenters. The van der Waals surface area contributed by atoms with E-state index in [0.717, 1.165) is 11.3 Å². The topological polar surface area (TPSA) is 75.9 Å². The van der Waals surface area contributed by atoms with Crippen LogP contribution in [0.15, 0.2) is 34.9 Å². The molecule has 6 nitrogen and oxygen atoms in total. The lowest BCUT2D eigenvalue weighted by molar-refractivity contribution is 0.546. The summed E-state index contributed by atoms with van der Waals surface area (Å²) in [5.41, 5.74) is 1.94. The van der Waals surface area contributed by atoms with Crippen molar-refractivity contribution in [1.82, 2.24) is 20.3 Å². The van der Waals surface area contributed by atoms with E-state index in [4.69, 9.17) is 16.6 Å². The van der Waals surface area contributed by atoms with Crippen LogP contribution in [0.2, 0.25) is 0 Å². The molecule has 3 heterocycles. The molecule has 0 bridgehead atoms. The molecule has 2 N–H and O–H groups in total. The molecule has 7 heteroatoms. The monoisotopic (exact) mass is 325 g/mol. The van der Waals surface area contributed by atoms with E-state index < -0.39 is 0 Å². The van der Waals surface area contributed by atoms with Gasteiger partial charge in [-0.2, -0.15) is 0 Å². The third kappa shape index (κ3) is 3.14. The fraction of sp³-hybridized carbons (Fsp3) is 0.250. The Hall–Kier alpha value is -2.54. The zero-order valence-electron chi connectivity index (χ0n) is 12.5. The number of hydrogen-bond acceptors (Lipinski definition) is 5. The molecule has 1 saturated carbocycles. The maximum Gasteiger partial charge on any atom is 0.180 e. The van der Waals surface area contributed by atoms with Gasteiger partial charge in [-0.05, 0) is 56.2 Å². The summed E-state index contributed by atoms with van der Waals surface area (Å²) in [5, 5.41) is 6.89. The minimum absolute atomic E-state index is 0.504. The van der Waals surface area contributed by atoms with Crippen LogP contribution < -0.4 is 10.6 Å². The van der Waals surface area contributed by atoms with E-state index in [0.29, 0.717) is 34.1 Å². The molecule has 3 aromatic rings. The molecular weight excluding hydrogens is 310 g/mol. The van der Waals surface area contributed by atoms with Crippen LogP contribution >= 0.6 is 12.2 Å². The number of aryl methyl sites for hydroxylation is 1. The summed E-state index contributed by atoms with van der Waals surface area (Å²) < 4.78 is 5.59. The highest BCUT2D eigenvalue weighted by Crippen LogP contribution is 2.22. The van der Waals surface area contributed by atoms with Crippen LogP contribution in [0.1, 0.15) is 18.6 Å². The normalized spacial score (nSPS) is 14.0. The molecule has 0 saturated heterocycles. The van der Waals surface area contributed by atoms with E-state index in [-0.39, 0.29) is 0 Å². The van der Waals surface area contributed by atoms with E-state index in [2.05, 4.69) is 25.6 Å². The van der Waals surface area contributed by atoms with Gasteiger partial charge in [0.25, 0.3) is 0 Å². The van der Waals surface area contributed by atoms with Gasteiger partial charge in [0.15, 0.2) is 16.5 Å². The molecule has 0 atom stereocenters. The van der Waals surface area contributed by atoms with Crippen molar-refractivity contribution in [2.24, 2.45) is 0 Å². The Morgan fingerprint density at radius 1 is 1.22 bits per heavy atom. The van der Waals surface area contributed by atoms with Crippen molar-refractivity contribution < 1.29 is 4.42 Å². The predicted octanol–water partition coefficient (Wildman–Crippen LogP) is 3.04. The predicted molar refractivity (Wildman–Crippen MR) is 92.2 cm³/mol. The number of fused-ring (bicyclic) bond motifs is 1. The van der Waals surface area contributed by atoms with Crippen LogP contribution in [0.3, 0.4) is 0 Å². The van der Waals surface area contributed by atoms with Gasteiger partial charge in [0.2, 0.25) is 0 Å². The van der Waals surface area contributed by atoms with Gasteiger partial charge >= 0.3 is 0 Å². The first-order valence-electron chi connectivity index (χ1n) is 7.45. The summed E-state index contributed by atoms with van der Waals surface area (Å²) >= 11 is 5.27.